The summed E-state index contributed by atoms with van der Waals surface area (Å²) in [6.07, 6.45) is -2.36. The van der Waals surface area contributed by atoms with Crippen LogP contribution in [0.25, 0.3) is 0 Å². The Kier molecular flexibility index (Phi) is 9.07. The molecule has 9 heteroatoms. The Balaban J connectivity index is 1.79. The summed E-state index contributed by atoms with van der Waals surface area (Å²) in [6.45, 7) is 4.72. The summed E-state index contributed by atoms with van der Waals surface area (Å²) < 4.78 is 49.3. The van der Waals surface area contributed by atoms with Gasteiger partial charge in [-0.2, -0.15) is 13.2 Å². The minimum absolute atomic E-state index is 0.138. The lowest BCUT2D eigenvalue weighted by Gasteiger charge is -2.14. The highest BCUT2D eigenvalue weighted by molar-refractivity contribution is 6.55. The van der Waals surface area contributed by atoms with Gasteiger partial charge < -0.3 is 14.8 Å². The van der Waals surface area contributed by atoms with Crippen LogP contribution in [0.4, 0.5) is 13.2 Å². The van der Waals surface area contributed by atoms with Crippen LogP contribution in [-0.2, 0) is 6.18 Å². The van der Waals surface area contributed by atoms with Gasteiger partial charge in [0.25, 0.3) is 5.91 Å². The first kappa shape index (κ1) is 24.9. The van der Waals surface area contributed by atoms with E-state index in [1.165, 1.54) is 6.08 Å². The second-order valence-corrected chi connectivity index (χ2v) is 7.73. The number of amides is 1. The summed E-state index contributed by atoms with van der Waals surface area (Å²) in [5.74, 6) is 0.956. The van der Waals surface area contributed by atoms with E-state index < -0.39 is 17.6 Å². The van der Waals surface area contributed by atoms with E-state index in [9.17, 15) is 18.0 Å². The first-order chi connectivity index (χ1) is 14.6. The molecule has 0 bridgehead atoms. The molecule has 2 aromatic rings. The van der Waals surface area contributed by atoms with Crippen molar-refractivity contribution in [1.29, 1.82) is 0 Å². The number of hydrogen-bond donors (Lipinski definition) is 1. The number of aryl methyl sites for hydroxylation is 2. The highest BCUT2D eigenvalue weighted by Gasteiger charge is 2.30. The van der Waals surface area contributed by atoms with Gasteiger partial charge in [-0.25, -0.2) is 0 Å². The van der Waals surface area contributed by atoms with Gasteiger partial charge in [0, 0.05) is 12.1 Å². The van der Waals surface area contributed by atoms with Crippen LogP contribution in [0.3, 0.4) is 0 Å². The molecule has 4 nitrogen and oxygen atoms in total. The second-order valence-electron chi connectivity index (χ2n) is 6.72. The number of carbonyl (C=O) groups is 1. The topological polar surface area (TPSA) is 47.6 Å². The molecule has 0 spiro atoms. The molecule has 0 radical (unpaired) electrons. The third-order valence-corrected chi connectivity index (χ3v) is 4.56. The van der Waals surface area contributed by atoms with Crippen LogP contribution in [0, 0.1) is 13.8 Å². The quantitative estimate of drug-likeness (QED) is 0.438. The molecule has 1 amide bonds. The van der Waals surface area contributed by atoms with Crippen molar-refractivity contribution in [1.82, 2.24) is 5.32 Å². The van der Waals surface area contributed by atoms with Gasteiger partial charge in [-0.15, -0.1) is 0 Å². The minimum atomic E-state index is -4.43. The number of ether oxygens (including phenoxy) is 2. The molecule has 2 rings (SSSR count). The fourth-order valence-electron chi connectivity index (χ4n) is 2.78. The minimum Gasteiger partial charge on any atom is -0.493 e. The third kappa shape index (κ3) is 7.99. The highest BCUT2D eigenvalue weighted by atomic mass is 35.5. The zero-order chi connectivity index (χ0) is 23.0. The van der Waals surface area contributed by atoms with Crippen LogP contribution in [-0.4, -0.2) is 25.7 Å². The molecule has 168 valence electrons. The molecule has 0 aliphatic rings. The zero-order valence-electron chi connectivity index (χ0n) is 17.0. The van der Waals surface area contributed by atoms with Crippen LogP contribution >= 0.6 is 23.2 Å². The predicted octanol–water partition coefficient (Wildman–Crippen LogP) is 6.22. The first-order valence-corrected chi connectivity index (χ1v) is 10.2. The molecule has 0 aliphatic carbocycles. The van der Waals surface area contributed by atoms with E-state index in [2.05, 4.69) is 5.32 Å². The number of nitrogens with one attached hydrogen (secondary N) is 1. The number of hydrogen-bond acceptors (Lipinski definition) is 3. The smallest absolute Gasteiger partial charge is 0.416 e. The maximum absolute atomic E-state index is 12.6. The molecule has 0 unspecified atom stereocenters. The van der Waals surface area contributed by atoms with E-state index in [0.717, 1.165) is 41.1 Å². The normalized spacial score (nSPS) is 11.1. The lowest BCUT2D eigenvalue weighted by atomic mass is 10.1. The van der Waals surface area contributed by atoms with Crippen molar-refractivity contribution in [2.24, 2.45) is 0 Å². The molecule has 0 saturated carbocycles. The fraction of sp³-hybridized carbons (Fsp3) is 0.318. The van der Waals surface area contributed by atoms with E-state index in [4.69, 9.17) is 32.7 Å². The molecular formula is C22H22Cl2F3NO3. The van der Waals surface area contributed by atoms with Crippen molar-refractivity contribution < 1.29 is 27.4 Å². The molecule has 0 atom stereocenters. The van der Waals surface area contributed by atoms with Gasteiger partial charge in [-0.3, -0.25) is 4.79 Å². The fourth-order valence-corrected chi connectivity index (χ4v) is 2.91. The Morgan fingerprint density at radius 1 is 1.06 bits per heavy atom. The van der Waals surface area contributed by atoms with Crippen LogP contribution in [0.2, 0.25) is 0 Å². The second kappa shape index (κ2) is 11.3. The highest BCUT2D eigenvalue weighted by Crippen LogP contribution is 2.30. The average Bonchev–Trinajstić information content (AvgIpc) is 2.68. The summed E-state index contributed by atoms with van der Waals surface area (Å²) >= 11 is 11.1. The van der Waals surface area contributed by atoms with Gasteiger partial charge in [0.1, 0.15) is 22.6 Å². The zero-order valence-corrected chi connectivity index (χ0v) is 18.5. The van der Waals surface area contributed by atoms with Crippen molar-refractivity contribution in [3.8, 4) is 11.5 Å². The van der Waals surface area contributed by atoms with E-state index in [1.54, 1.807) is 0 Å². The van der Waals surface area contributed by atoms with Crippen LogP contribution in [0.1, 0.15) is 33.5 Å². The van der Waals surface area contributed by atoms with Crippen molar-refractivity contribution in [2.75, 3.05) is 19.8 Å². The predicted molar refractivity (Wildman–Crippen MR) is 115 cm³/mol. The van der Waals surface area contributed by atoms with Gasteiger partial charge in [0.05, 0.1) is 12.2 Å². The summed E-state index contributed by atoms with van der Waals surface area (Å²) in [5.41, 5.74) is 1.16. The molecular weight excluding hydrogens is 454 g/mol. The molecule has 0 fully saturated rings. The number of rotatable bonds is 9. The number of halogens is 5. The Morgan fingerprint density at radius 3 is 2.23 bits per heavy atom. The number of alkyl halides is 3. The van der Waals surface area contributed by atoms with Crippen LogP contribution in [0.15, 0.2) is 47.0 Å². The Morgan fingerprint density at radius 2 is 1.68 bits per heavy atom. The van der Waals surface area contributed by atoms with Crippen molar-refractivity contribution in [2.45, 2.75) is 26.4 Å². The summed E-state index contributed by atoms with van der Waals surface area (Å²) in [5, 5.41) is 2.67. The Labute approximate surface area is 188 Å². The first-order valence-electron chi connectivity index (χ1n) is 9.41. The van der Waals surface area contributed by atoms with Crippen molar-refractivity contribution in [3.63, 3.8) is 0 Å². The molecule has 1 N–H and O–H groups in total. The lowest BCUT2D eigenvalue weighted by molar-refractivity contribution is -0.137. The van der Waals surface area contributed by atoms with Gasteiger partial charge in [-0.1, -0.05) is 23.2 Å². The third-order valence-electron chi connectivity index (χ3n) is 4.25. The van der Waals surface area contributed by atoms with Crippen LogP contribution in [0.5, 0.6) is 11.5 Å². The van der Waals surface area contributed by atoms with E-state index in [0.29, 0.717) is 25.3 Å². The van der Waals surface area contributed by atoms with Gasteiger partial charge in [0.15, 0.2) is 0 Å². The maximum Gasteiger partial charge on any atom is 0.416 e. The number of carbonyl (C=O) groups excluding carboxylic acids is 1. The van der Waals surface area contributed by atoms with Crippen LogP contribution < -0.4 is 14.8 Å². The molecule has 0 aromatic heterocycles. The molecule has 0 heterocycles. The van der Waals surface area contributed by atoms with Gasteiger partial charge in [0.2, 0.25) is 0 Å². The molecule has 0 aliphatic heterocycles. The summed E-state index contributed by atoms with van der Waals surface area (Å²) in [6, 6.07) is 7.76. The Bertz CT molecular complexity index is 902. The maximum atomic E-state index is 12.6. The molecule has 2 aromatic carbocycles. The SMILES string of the molecule is Cc1cc(OCC=C(Cl)Cl)cc(C)c1OCCCNC(=O)c1ccc(C(F)(F)F)cc1. The summed E-state index contributed by atoms with van der Waals surface area (Å²) in [4.78, 5) is 12.0. The lowest BCUT2D eigenvalue weighted by Crippen LogP contribution is -2.25. The Hall–Kier alpha value is -2.38. The van der Waals surface area contributed by atoms with E-state index in [-0.39, 0.29) is 16.7 Å². The van der Waals surface area contributed by atoms with Gasteiger partial charge in [-0.05, 0) is 73.9 Å². The largest absolute Gasteiger partial charge is 0.493 e. The standard InChI is InChI=1S/C22H22Cl2F3NO3/c1-14-12-18(30-11-8-19(23)24)13-15(2)20(14)31-10-3-9-28-21(29)16-4-6-17(7-5-16)22(25,26)27/h4-8,12-13H,3,9-11H2,1-2H3,(H,28,29). The molecule has 0 saturated heterocycles. The van der Waals surface area contributed by atoms with Gasteiger partial charge >= 0.3 is 6.18 Å². The van der Waals surface area contributed by atoms with E-state index in [1.807, 2.05) is 26.0 Å². The average molecular weight is 476 g/mol. The van der Waals surface area contributed by atoms with E-state index >= 15 is 0 Å². The number of benzene rings is 2. The van der Waals surface area contributed by atoms with Crippen molar-refractivity contribution in [3.05, 3.63) is 69.2 Å². The summed E-state index contributed by atoms with van der Waals surface area (Å²) in [7, 11) is 0. The van der Waals surface area contributed by atoms with Crippen molar-refractivity contribution >= 4 is 29.1 Å². The monoisotopic (exact) mass is 475 g/mol. The molecule has 31 heavy (non-hydrogen) atoms.